The van der Waals surface area contributed by atoms with Crippen LogP contribution in [0.2, 0.25) is 0 Å². The van der Waals surface area contributed by atoms with Crippen molar-refractivity contribution in [3.05, 3.63) is 88.1 Å². The number of fused-ring (bicyclic) bond motifs is 1. The van der Waals surface area contributed by atoms with Crippen molar-refractivity contribution in [1.82, 2.24) is 15.2 Å². The third-order valence-electron chi connectivity index (χ3n) is 6.20. The van der Waals surface area contributed by atoms with Crippen molar-refractivity contribution in [3.8, 4) is 11.3 Å². The highest BCUT2D eigenvalue weighted by atomic mass is 32.1. The van der Waals surface area contributed by atoms with Crippen LogP contribution in [0.4, 0.5) is 0 Å². The lowest BCUT2D eigenvalue weighted by Gasteiger charge is -2.32. The van der Waals surface area contributed by atoms with E-state index in [1.807, 2.05) is 17.5 Å². The Labute approximate surface area is 192 Å². The summed E-state index contributed by atoms with van der Waals surface area (Å²) >= 11 is 1.64. The van der Waals surface area contributed by atoms with Crippen LogP contribution in [0.15, 0.2) is 71.4 Å². The number of hydrogen-bond acceptors (Lipinski definition) is 4. The molecule has 1 aliphatic rings. The molecule has 0 unspecified atom stereocenters. The number of carbonyl (C=O) groups excluding carboxylic acids is 1. The lowest BCUT2D eigenvalue weighted by molar-refractivity contribution is 0.0910. The van der Waals surface area contributed by atoms with Crippen molar-refractivity contribution < 1.29 is 4.79 Å². The Morgan fingerprint density at radius 1 is 1.09 bits per heavy atom. The van der Waals surface area contributed by atoms with Crippen molar-refractivity contribution in [2.24, 2.45) is 0 Å². The lowest BCUT2D eigenvalue weighted by atomic mass is 10.0. The Bertz CT molecular complexity index is 1210. The molecule has 32 heavy (non-hydrogen) atoms. The molecule has 0 atom stereocenters. The first-order chi connectivity index (χ1) is 15.7. The van der Waals surface area contributed by atoms with Crippen LogP contribution >= 0.6 is 11.3 Å². The van der Waals surface area contributed by atoms with E-state index in [0.29, 0.717) is 5.56 Å². The average molecular weight is 442 g/mol. The number of nitrogens with one attached hydrogen (secondary N) is 1. The van der Waals surface area contributed by atoms with Crippen molar-refractivity contribution in [2.75, 3.05) is 13.1 Å². The molecule has 1 amide bonds. The van der Waals surface area contributed by atoms with Crippen molar-refractivity contribution in [3.63, 3.8) is 0 Å². The second-order valence-electron chi connectivity index (χ2n) is 8.60. The minimum absolute atomic E-state index is 0.000916. The van der Waals surface area contributed by atoms with E-state index in [0.717, 1.165) is 60.2 Å². The third-order valence-corrected chi connectivity index (χ3v) is 6.88. The number of thiophene rings is 1. The van der Waals surface area contributed by atoms with Gasteiger partial charge in [0.15, 0.2) is 0 Å². The van der Waals surface area contributed by atoms with Gasteiger partial charge in [0.05, 0.1) is 16.8 Å². The van der Waals surface area contributed by atoms with E-state index in [9.17, 15) is 4.79 Å². The van der Waals surface area contributed by atoms with Crippen molar-refractivity contribution >= 4 is 28.1 Å². The molecule has 0 bridgehead atoms. The van der Waals surface area contributed by atoms with Gasteiger partial charge in [-0.3, -0.25) is 9.69 Å². The van der Waals surface area contributed by atoms with Gasteiger partial charge in [-0.15, -0.1) is 0 Å². The SMILES string of the molecule is Cc1ccc2nc(-c3ccsc3)cc(C(=O)NC3CCN(Cc4ccccc4)CC3)c2c1. The summed E-state index contributed by atoms with van der Waals surface area (Å²) < 4.78 is 0. The van der Waals surface area contributed by atoms with E-state index in [4.69, 9.17) is 4.98 Å². The van der Waals surface area contributed by atoms with Crippen LogP contribution in [0, 0.1) is 6.92 Å². The fourth-order valence-corrected chi connectivity index (χ4v) is 5.08. The molecule has 0 saturated carbocycles. The smallest absolute Gasteiger partial charge is 0.252 e. The highest BCUT2D eigenvalue weighted by molar-refractivity contribution is 7.08. The van der Waals surface area contributed by atoms with Crippen molar-refractivity contribution in [2.45, 2.75) is 32.4 Å². The largest absolute Gasteiger partial charge is 0.349 e. The van der Waals surface area contributed by atoms with Gasteiger partial charge in [0.2, 0.25) is 0 Å². The van der Waals surface area contributed by atoms with Gasteiger partial charge in [-0.05, 0) is 55.0 Å². The van der Waals surface area contributed by atoms with E-state index in [1.165, 1.54) is 5.56 Å². The maximum absolute atomic E-state index is 13.4. The van der Waals surface area contributed by atoms with Crippen LogP contribution in [0.1, 0.15) is 34.3 Å². The summed E-state index contributed by atoms with van der Waals surface area (Å²) in [6.07, 6.45) is 1.94. The zero-order valence-electron chi connectivity index (χ0n) is 18.3. The lowest BCUT2D eigenvalue weighted by Crippen LogP contribution is -2.44. The summed E-state index contributed by atoms with van der Waals surface area (Å²) in [4.78, 5) is 20.7. The topological polar surface area (TPSA) is 45.2 Å². The number of piperidine rings is 1. The summed E-state index contributed by atoms with van der Waals surface area (Å²) in [5, 5.41) is 8.35. The van der Waals surface area contributed by atoms with Crippen LogP contribution in [0.5, 0.6) is 0 Å². The van der Waals surface area contributed by atoms with E-state index < -0.39 is 0 Å². The number of carbonyl (C=O) groups is 1. The molecule has 2 aromatic carbocycles. The maximum Gasteiger partial charge on any atom is 0.252 e. The molecule has 4 aromatic rings. The zero-order valence-corrected chi connectivity index (χ0v) is 19.1. The number of nitrogens with zero attached hydrogens (tertiary/aromatic N) is 2. The highest BCUT2D eigenvalue weighted by Crippen LogP contribution is 2.27. The molecule has 0 spiro atoms. The van der Waals surface area contributed by atoms with Crippen LogP contribution in [0.3, 0.4) is 0 Å². The second-order valence-corrected chi connectivity index (χ2v) is 9.38. The number of benzene rings is 2. The number of hydrogen-bond donors (Lipinski definition) is 1. The molecule has 2 aromatic heterocycles. The molecule has 5 heteroatoms. The van der Waals surface area contributed by atoms with E-state index in [-0.39, 0.29) is 11.9 Å². The molecule has 1 N–H and O–H groups in total. The molecule has 1 saturated heterocycles. The summed E-state index contributed by atoms with van der Waals surface area (Å²) in [6.45, 7) is 5.02. The molecule has 5 rings (SSSR count). The fraction of sp³-hybridized carbons (Fsp3) is 0.259. The highest BCUT2D eigenvalue weighted by Gasteiger charge is 2.23. The normalized spacial score (nSPS) is 15.2. The Balaban J connectivity index is 1.32. The second kappa shape index (κ2) is 9.23. The van der Waals surface area contributed by atoms with Gasteiger partial charge >= 0.3 is 0 Å². The number of aromatic nitrogens is 1. The number of likely N-dealkylation sites (tertiary alicyclic amines) is 1. The van der Waals surface area contributed by atoms with Gasteiger partial charge in [0, 0.05) is 42.0 Å². The number of rotatable bonds is 5. The zero-order chi connectivity index (χ0) is 21.9. The molecule has 0 radical (unpaired) electrons. The summed E-state index contributed by atoms with van der Waals surface area (Å²) in [6, 6.07) is 20.9. The van der Waals surface area contributed by atoms with Crippen molar-refractivity contribution in [1.29, 1.82) is 0 Å². The first-order valence-corrected chi connectivity index (χ1v) is 12.1. The Kier molecular flexibility index (Phi) is 6.02. The molecule has 3 heterocycles. The first-order valence-electron chi connectivity index (χ1n) is 11.2. The number of aryl methyl sites for hydroxylation is 1. The molecule has 4 nitrogen and oxygen atoms in total. The quantitative estimate of drug-likeness (QED) is 0.434. The Hall–Kier alpha value is -3.02. The number of amides is 1. The van der Waals surface area contributed by atoms with Crippen LogP contribution in [-0.4, -0.2) is 34.9 Å². The summed E-state index contributed by atoms with van der Waals surface area (Å²) in [5.41, 5.74) is 5.96. The van der Waals surface area contributed by atoms with Gasteiger partial charge in [0.25, 0.3) is 5.91 Å². The van der Waals surface area contributed by atoms with Crippen LogP contribution in [0.25, 0.3) is 22.2 Å². The molecular weight excluding hydrogens is 414 g/mol. The molecule has 1 fully saturated rings. The molecule has 0 aliphatic carbocycles. The van der Waals surface area contributed by atoms with Crippen LogP contribution < -0.4 is 5.32 Å². The van der Waals surface area contributed by atoms with Gasteiger partial charge in [0.1, 0.15) is 0 Å². The predicted molar refractivity (Wildman–Crippen MR) is 132 cm³/mol. The van der Waals surface area contributed by atoms with Gasteiger partial charge in [-0.25, -0.2) is 4.98 Å². The van der Waals surface area contributed by atoms with Gasteiger partial charge in [-0.2, -0.15) is 11.3 Å². The molecular formula is C27H27N3OS. The predicted octanol–water partition coefficient (Wildman–Crippen LogP) is 5.67. The minimum atomic E-state index is 0.000916. The maximum atomic E-state index is 13.4. The van der Waals surface area contributed by atoms with E-state index in [1.54, 1.807) is 11.3 Å². The number of pyridine rings is 1. The average Bonchev–Trinajstić information content (AvgIpc) is 3.35. The fourth-order valence-electron chi connectivity index (χ4n) is 4.43. The van der Waals surface area contributed by atoms with E-state index >= 15 is 0 Å². The minimum Gasteiger partial charge on any atom is -0.349 e. The van der Waals surface area contributed by atoms with E-state index in [2.05, 4.69) is 71.1 Å². The Morgan fingerprint density at radius 3 is 2.66 bits per heavy atom. The Morgan fingerprint density at radius 2 is 1.91 bits per heavy atom. The van der Waals surface area contributed by atoms with Gasteiger partial charge < -0.3 is 5.32 Å². The summed E-state index contributed by atoms with van der Waals surface area (Å²) in [7, 11) is 0. The standard InChI is InChI=1S/C27H27N3OS/c1-19-7-8-25-23(15-19)24(16-26(29-25)21-11-14-32-18-21)27(31)28-22-9-12-30(13-10-22)17-20-5-3-2-4-6-20/h2-8,11,14-16,18,22H,9-10,12-13,17H2,1H3,(H,28,31). The molecule has 162 valence electrons. The van der Waals surface area contributed by atoms with Crippen LogP contribution in [-0.2, 0) is 6.54 Å². The monoisotopic (exact) mass is 441 g/mol. The third kappa shape index (κ3) is 4.59. The molecule has 1 aliphatic heterocycles. The summed E-state index contributed by atoms with van der Waals surface area (Å²) in [5.74, 6) is 0.000916. The first kappa shape index (κ1) is 20.9. The van der Waals surface area contributed by atoms with Gasteiger partial charge in [-0.1, -0.05) is 42.0 Å².